The number of thiophene rings is 1. The smallest absolute Gasteiger partial charge is 0.164 e. The Bertz CT molecular complexity index is 3420. The van der Waals surface area contributed by atoms with Gasteiger partial charge in [-0.25, -0.2) is 15.0 Å². The van der Waals surface area contributed by atoms with E-state index in [1.165, 1.54) is 36.6 Å². The third kappa shape index (κ3) is 4.98. The Morgan fingerprint density at radius 3 is 1.56 bits per heavy atom. The molecule has 0 radical (unpaired) electrons. The molecule has 0 atom stereocenters. The van der Waals surface area contributed by atoms with Crippen LogP contribution in [0.4, 0.5) is 0 Å². The third-order valence-electron chi connectivity index (χ3n) is 11.1. The number of benzene rings is 8. The zero-order valence-electron chi connectivity index (χ0n) is 30.4. The van der Waals surface area contributed by atoms with Gasteiger partial charge in [0.1, 0.15) is 11.2 Å². The Hall–Kier alpha value is -7.41. The number of nitrogens with zero attached hydrogens (tertiary/aromatic N) is 4. The Balaban J connectivity index is 1.08. The lowest BCUT2D eigenvalue weighted by Gasteiger charge is -2.11. The van der Waals surface area contributed by atoms with Crippen LogP contribution in [0.3, 0.4) is 0 Å². The summed E-state index contributed by atoms with van der Waals surface area (Å²) in [4.78, 5) is 15.3. The predicted octanol–water partition coefficient (Wildman–Crippen LogP) is 13.9. The summed E-state index contributed by atoms with van der Waals surface area (Å²) in [5, 5.41) is 6.97. The number of fused-ring (bicyclic) bond motifs is 9. The highest BCUT2D eigenvalue weighted by atomic mass is 32.1. The first kappa shape index (κ1) is 31.9. The molecule has 0 aliphatic heterocycles. The molecule has 0 saturated carbocycles. The van der Waals surface area contributed by atoms with E-state index in [0.717, 1.165) is 60.8 Å². The molecule has 4 heterocycles. The summed E-state index contributed by atoms with van der Waals surface area (Å²) in [5.74, 6) is 1.93. The molecule has 8 aromatic carbocycles. The first-order valence-electron chi connectivity index (χ1n) is 19.0. The van der Waals surface area contributed by atoms with Crippen molar-refractivity contribution in [2.75, 3.05) is 0 Å². The van der Waals surface area contributed by atoms with Gasteiger partial charge in [0.05, 0.1) is 11.0 Å². The van der Waals surface area contributed by atoms with Gasteiger partial charge in [0, 0.05) is 70.2 Å². The van der Waals surface area contributed by atoms with Gasteiger partial charge in [0.15, 0.2) is 17.5 Å². The number of aromatic nitrogens is 4. The van der Waals surface area contributed by atoms with E-state index in [9.17, 15) is 0 Å². The number of para-hydroxylation sites is 2. The maximum atomic E-state index is 6.72. The van der Waals surface area contributed by atoms with E-state index in [2.05, 4.69) is 126 Å². The molecule has 0 fully saturated rings. The first-order chi connectivity index (χ1) is 28.3. The third-order valence-corrected chi connectivity index (χ3v) is 12.2. The lowest BCUT2D eigenvalue weighted by Crippen LogP contribution is -2.00. The molecule has 12 aromatic rings. The molecule has 0 saturated heterocycles. The van der Waals surface area contributed by atoms with Crippen LogP contribution in [-0.2, 0) is 0 Å². The summed E-state index contributed by atoms with van der Waals surface area (Å²) in [6, 6.07) is 63.6. The Morgan fingerprint density at radius 2 is 0.912 bits per heavy atom. The van der Waals surface area contributed by atoms with Crippen molar-refractivity contribution in [2.45, 2.75) is 0 Å². The molecule has 12 rings (SSSR count). The van der Waals surface area contributed by atoms with Crippen molar-refractivity contribution >= 4 is 75.3 Å². The molecule has 266 valence electrons. The molecular weight excluding hydrogens is 717 g/mol. The van der Waals surface area contributed by atoms with Gasteiger partial charge in [-0.05, 0) is 53.6 Å². The Morgan fingerprint density at radius 1 is 0.386 bits per heavy atom. The van der Waals surface area contributed by atoms with E-state index in [1.807, 2.05) is 60.7 Å². The zero-order chi connectivity index (χ0) is 37.5. The number of rotatable bonds is 5. The Labute approximate surface area is 330 Å². The number of hydrogen-bond acceptors (Lipinski definition) is 5. The maximum absolute atomic E-state index is 6.72. The van der Waals surface area contributed by atoms with E-state index in [4.69, 9.17) is 19.4 Å². The molecule has 5 nitrogen and oxygen atoms in total. The summed E-state index contributed by atoms with van der Waals surface area (Å²) in [5.41, 5.74) is 10.3. The molecule has 0 amide bonds. The molecule has 0 aliphatic carbocycles. The number of hydrogen-bond donors (Lipinski definition) is 0. The zero-order valence-corrected chi connectivity index (χ0v) is 31.2. The van der Waals surface area contributed by atoms with Gasteiger partial charge in [0.25, 0.3) is 0 Å². The van der Waals surface area contributed by atoms with E-state index in [-0.39, 0.29) is 0 Å². The quantitative estimate of drug-likeness (QED) is 0.176. The molecule has 0 spiro atoms. The van der Waals surface area contributed by atoms with Gasteiger partial charge >= 0.3 is 0 Å². The van der Waals surface area contributed by atoms with Crippen LogP contribution in [0.1, 0.15) is 0 Å². The van der Waals surface area contributed by atoms with Crippen molar-refractivity contribution in [3.05, 3.63) is 182 Å². The van der Waals surface area contributed by atoms with Gasteiger partial charge in [-0.2, -0.15) is 0 Å². The second-order valence-electron chi connectivity index (χ2n) is 14.3. The highest BCUT2D eigenvalue weighted by molar-refractivity contribution is 7.26. The molecule has 4 aromatic heterocycles. The van der Waals surface area contributed by atoms with Crippen LogP contribution in [0.15, 0.2) is 186 Å². The highest BCUT2D eigenvalue weighted by Crippen LogP contribution is 2.47. The van der Waals surface area contributed by atoms with Crippen LogP contribution in [0, 0.1) is 0 Å². The fourth-order valence-corrected chi connectivity index (χ4v) is 9.74. The van der Waals surface area contributed by atoms with Gasteiger partial charge in [-0.15, -0.1) is 11.3 Å². The van der Waals surface area contributed by atoms with Crippen molar-refractivity contribution in [1.29, 1.82) is 0 Å². The molecular formula is C51H30N4OS. The van der Waals surface area contributed by atoms with Crippen molar-refractivity contribution in [3.8, 4) is 51.0 Å². The lowest BCUT2D eigenvalue weighted by atomic mass is 9.94. The van der Waals surface area contributed by atoms with Crippen molar-refractivity contribution in [1.82, 2.24) is 19.5 Å². The molecule has 0 bridgehead atoms. The summed E-state index contributed by atoms with van der Waals surface area (Å²) >= 11 is 1.80. The normalized spacial score (nSPS) is 11.9. The van der Waals surface area contributed by atoms with Gasteiger partial charge in [-0.1, -0.05) is 133 Å². The van der Waals surface area contributed by atoms with Crippen LogP contribution in [-0.4, -0.2) is 19.5 Å². The van der Waals surface area contributed by atoms with E-state index in [1.54, 1.807) is 11.3 Å². The fourth-order valence-electron chi connectivity index (χ4n) is 8.59. The number of furan rings is 1. The highest BCUT2D eigenvalue weighted by Gasteiger charge is 2.22. The second kappa shape index (κ2) is 12.6. The second-order valence-corrected chi connectivity index (χ2v) is 15.4. The van der Waals surface area contributed by atoms with Gasteiger partial charge in [0.2, 0.25) is 0 Å². The fraction of sp³-hybridized carbons (Fsp3) is 0. The molecule has 0 aliphatic rings. The van der Waals surface area contributed by atoms with Crippen LogP contribution < -0.4 is 0 Å². The van der Waals surface area contributed by atoms with Crippen LogP contribution in [0.5, 0.6) is 0 Å². The Kier molecular flexibility index (Phi) is 7.03. The summed E-state index contributed by atoms with van der Waals surface area (Å²) in [6.45, 7) is 0. The molecule has 0 N–H and O–H groups in total. The molecule has 6 heteroatoms. The van der Waals surface area contributed by atoms with E-state index < -0.39 is 0 Å². The summed E-state index contributed by atoms with van der Waals surface area (Å²) in [7, 11) is 0. The van der Waals surface area contributed by atoms with E-state index >= 15 is 0 Å². The van der Waals surface area contributed by atoms with E-state index in [0.29, 0.717) is 17.5 Å². The van der Waals surface area contributed by atoms with Gasteiger partial charge < -0.3 is 8.98 Å². The molecule has 0 unspecified atom stereocenters. The predicted molar refractivity (Wildman–Crippen MR) is 236 cm³/mol. The monoisotopic (exact) mass is 746 g/mol. The van der Waals surface area contributed by atoms with Crippen LogP contribution in [0.25, 0.3) is 115 Å². The lowest BCUT2D eigenvalue weighted by molar-refractivity contribution is 0.668. The maximum Gasteiger partial charge on any atom is 0.164 e. The largest absolute Gasteiger partial charge is 0.456 e. The average molecular weight is 747 g/mol. The minimum Gasteiger partial charge on any atom is -0.456 e. The van der Waals surface area contributed by atoms with Crippen molar-refractivity contribution < 1.29 is 4.42 Å². The minimum atomic E-state index is 0.645. The first-order valence-corrected chi connectivity index (χ1v) is 19.8. The average Bonchev–Trinajstić information content (AvgIpc) is 3.96. The van der Waals surface area contributed by atoms with Crippen molar-refractivity contribution in [2.24, 2.45) is 0 Å². The standard InChI is InChI=1S/C51H30N4OS/c1-3-14-31(15-4-1)49-52-50(32-16-5-2-6-17-32)54-51(53-49)39-22-13-27-45-48(39)47-37(21-12-26-44(47)57-45)36-20-11-25-42-46(36)38-29-28-33(30-43(38)56-42)55-40-23-9-7-18-34(40)35-19-8-10-24-41(35)55/h1-30H. The van der Waals surface area contributed by atoms with Crippen LogP contribution in [0.2, 0.25) is 0 Å². The van der Waals surface area contributed by atoms with Crippen molar-refractivity contribution in [3.63, 3.8) is 0 Å². The molecule has 57 heavy (non-hydrogen) atoms. The SMILES string of the molecule is c1ccc(-c2nc(-c3ccccc3)nc(-c3cccc4sc5cccc(-c6cccc7oc8cc(-n9c%10ccccc%10c%10ccccc%109)ccc8c67)c5c34)n2)cc1. The summed E-state index contributed by atoms with van der Waals surface area (Å²) < 4.78 is 11.4. The van der Waals surface area contributed by atoms with Gasteiger partial charge in [-0.3, -0.25) is 0 Å². The van der Waals surface area contributed by atoms with Crippen LogP contribution >= 0.6 is 11.3 Å². The topological polar surface area (TPSA) is 56.7 Å². The summed E-state index contributed by atoms with van der Waals surface area (Å²) in [6.07, 6.45) is 0. The minimum absolute atomic E-state index is 0.645.